The molecule has 1 aromatic rings. The Hall–Kier alpha value is -2.32. The molecule has 0 heterocycles. The second-order valence-corrected chi connectivity index (χ2v) is 4.63. The molecule has 1 rings (SSSR count). The quantitative estimate of drug-likeness (QED) is 0.630. The van der Waals surface area contributed by atoms with Crippen molar-refractivity contribution in [3.8, 4) is 6.07 Å². The van der Waals surface area contributed by atoms with Crippen LogP contribution in [0, 0.1) is 25.2 Å². The smallest absolute Gasteiger partial charge is 0.267 e. The van der Waals surface area contributed by atoms with Crippen molar-refractivity contribution in [2.24, 2.45) is 0 Å². The van der Waals surface area contributed by atoms with Crippen LogP contribution in [0.15, 0.2) is 30.0 Å². The summed E-state index contributed by atoms with van der Waals surface area (Å²) in [5.41, 5.74) is 2.74. The van der Waals surface area contributed by atoms with Crippen molar-refractivity contribution in [3.05, 3.63) is 41.1 Å². The minimum Gasteiger partial charge on any atom is -0.395 e. The number of amides is 1. The molecule has 0 bridgehead atoms. The molecule has 0 aliphatic rings. The molecule has 0 aliphatic carbocycles. The number of hydrogen-bond acceptors (Lipinski definition) is 4. The maximum absolute atomic E-state index is 12.0. The Bertz CT molecular complexity index is 559. The summed E-state index contributed by atoms with van der Waals surface area (Å²) in [5, 5.41) is 20.6. The Morgan fingerprint density at radius 1 is 1.50 bits per heavy atom. The third kappa shape index (κ3) is 4.41. The first-order valence-electron chi connectivity index (χ1n) is 6.29. The number of nitrogens with zero attached hydrogens (tertiary/aromatic N) is 2. The number of aliphatic hydroxyl groups excluding tert-OH is 1. The molecule has 0 saturated heterocycles. The van der Waals surface area contributed by atoms with Crippen molar-refractivity contribution < 1.29 is 9.90 Å². The SMILES string of the molecule is Cc1ccc(NC(=O)/C(C#N)=C\N(C)CCO)c(C)c1. The predicted molar refractivity (Wildman–Crippen MR) is 78.0 cm³/mol. The molecule has 1 aromatic carbocycles. The van der Waals surface area contributed by atoms with Crippen molar-refractivity contribution in [3.63, 3.8) is 0 Å². The van der Waals surface area contributed by atoms with E-state index in [4.69, 9.17) is 10.4 Å². The molecule has 0 radical (unpaired) electrons. The van der Waals surface area contributed by atoms with Crippen LogP contribution < -0.4 is 5.32 Å². The van der Waals surface area contributed by atoms with E-state index in [1.54, 1.807) is 11.9 Å². The van der Waals surface area contributed by atoms with Crippen LogP contribution in [0.5, 0.6) is 0 Å². The topological polar surface area (TPSA) is 76.4 Å². The summed E-state index contributed by atoms with van der Waals surface area (Å²) in [5.74, 6) is -0.454. The standard InChI is InChI=1S/C15H19N3O2/c1-11-4-5-14(12(2)8-11)17-15(20)13(9-16)10-18(3)6-7-19/h4-5,8,10,19H,6-7H2,1-3H3,(H,17,20)/b13-10-. The summed E-state index contributed by atoms with van der Waals surface area (Å²) < 4.78 is 0. The second kappa shape index (κ2) is 7.31. The average molecular weight is 273 g/mol. The first-order valence-corrected chi connectivity index (χ1v) is 6.29. The molecule has 5 heteroatoms. The van der Waals surface area contributed by atoms with E-state index in [0.717, 1.165) is 11.1 Å². The van der Waals surface area contributed by atoms with Crippen LogP contribution in [-0.4, -0.2) is 36.1 Å². The van der Waals surface area contributed by atoms with Crippen molar-refractivity contribution in [2.75, 3.05) is 25.5 Å². The van der Waals surface area contributed by atoms with E-state index in [1.807, 2.05) is 38.1 Å². The summed E-state index contributed by atoms with van der Waals surface area (Å²) in [7, 11) is 1.69. The Balaban J connectivity index is 2.85. The van der Waals surface area contributed by atoms with Crippen LogP contribution in [0.25, 0.3) is 0 Å². The number of hydrogen-bond donors (Lipinski definition) is 2. The number of carbonyl (C=O) groups excluding carboxylic acids is 1. The molecule has 0 saturated carbocycles. The van der Waals surface area contributed by atoms with Crippen molar-refractivity contribution in [1.29, 1.82) is 5.26 Å². The molecule has 2 N–H and O–H groups in total. The van der Waals surface area contributed by atoms with E-state index in [0.29, 0.717) is 12.2 Å². The lowest BCUT2D eigenvalue weighted by Crippen LogP contribution is -2.20. The summed E-state index contributed by atoms with van der Waals surface area (Å²) >= 11 is 0. The van der Waals surface area contributed by atoms with Gasteiger partial charge in [0.05, 0.1) is 6.61 Å². The normalized spacial score (nSPS) is 10.8. The molecule has 0 unspecified atom stereocenters. The minimum atomic E-state index is -0.454. The van der Waals surface area contributed by atoms with Gasteiger partial charge in [-0.25, -0.2) is 0 Å². The zero-order chi connectivity index (χ0) is 15.1. The summed E-state index contributed by atoms with van der Waals surface area (Å²) in [6.07, 6.45) is 1.43. The van der Waals surface area contributed by atoms with Gasteiger partial charge in [-0.2, -0.15) is 5.26 Å². The Morgan fingerprint density at radius 3 is 2.75 bits per heavy atom. The lowest BCUT2D eigenvalue weighted by molar-refractivity contribution is -0.112. The summed E-state index contributed by atoms with van der Waals surface area (Å²) in [6.45, 7) is 4.20. The molecule has 20 heavy (non-hydrogen) atoms. The summed E-state index contributed by atoms with van der Waals surface area (Å²) in [6, 6.07) is 7.54. The molecule has 0 aliphatic heterocycles. The predicted octanol–water partition coefficient (Wildman–Crippen LogP) is 1.57. The highest BCUT2D eigenvalue weighted by Crippen LogP contribution is 2.16. The number of carbonyl (C=O) groups is 1. The lowest BCUT2D eigenvalue weighted by atomic mass is 10.1. The first-order chi connectivity index (χ1) is 9.47. The number of aryl methyl sites for hydroxylation is 2. The van der Waals surface area contributed by atoms with E-state index in [9.17, 15) is 4.79 Å². The molecule has 5 nitrogen and oxygen atoms in total. The molecule has 0 fully saturated rings. The molecule has 106 valence electrons. The van der Waals surface area contributed by atoms with Crippen molar-refractivity contribution >= 4 is 11.6 Å². The second-order valence-electron chi connectivity index (χ2n) is 4.63. The van der Waals surface area contributed by atoms with Gasteiger partial charge in [0.25, 0.3) is 5.91 Å². The van der Waals surface area contributed by atoms with Gasteiger partial charge in [-0.1, -0.05) is 17.7 Å². The van der Waals surface area contributed by atoms with Crippen LogP contribution in [0.4, 0.5) is 5.69 Å². The van der Waals surface area contributed by atoms with Crippen LogP contribution in [0.3, 0.4) is 0 Å². The highest BCUT2D eigenvalue weighted by Gasteiger charge is 2.11. The maximum Gasteiger partial charge on any atom is 0.267 e. The average Bonchev–Trinajstić information content (AvgIpc) is 2.39. The zero-order valence-corrected chi connectivity index (χ0v) is 12.0. The minimum absolute atomic E-state index is 0.000856. The molecule has 0 aromatic heterocycles. The lowest BCUT2D eigenvalue weighted by Gasteiger charge is -2.13. The van der Waals surface area contributed by atoms with Crippen LogP contribution >= 0.6 is 0 Å². The first kappa shape index (κ1) is 15.7. The maximum atomic E-state index is 12.0. The van der Waals surface area contributed by atoms with Crippen molar-refractivity contribution in [1.82, 2.24) is 4.90 Å². The highest BCUT2D eigenvalue weighted by atomic mass is 16.3. The fourth-order valence-corrected chi connectivity index (χ4v) is 1.72. The Kier molecular flexibility index (Phi) is 5.75. The van der Waals surface area contributed by atoms with Gasteiger partial charge in [0.1, 0.15) is 11.6 Å². The summed E-state index contributed by atoms with van der Waals surface area (Å²) in [4.78, 5) is 13.6. The van der Waals surface area contributed by atoms with Gasteiger partial charge in [-0.15, -0.1) is 0 Å². The third-order valence-electron chi connectivity index (χ3n) is 2.80. The van der Waals surface area contributed by atoms with E-state index < -0.39 is 5.91 Å². The van der Waals surface area contributed by atoms with E-state index in [2.05, 4.69) is 5.32 Å². The van der Waals surface area contributed by atoms with Crippen LogP contribution in [0.1, 0.15) is 11.1 Å². The number of nitriles is 1. The van der Waals surface area contributed by atoms with E-state index in [-0.39, 0.29) is 12.2 Å². The van der Waals surface area contributed by atoms with Gasteiger partial charge in [-0.3, -0.25) is 4.79 Å². The third-order valence-corrected chi connectivity index (χ3v) is 2.80. The zero-order valence-electron chi connectivity index (χ0n) is 12.0. The Morgan fingerprint density at radius 2 is 2.20 bits per heavy atom. The molecular formula is C15H19N3O2. The Labute approximate surface area is 119 Å². The molecular weight excluding hydrogens is 254 g/mol. The number of nitrogens with one attached hydrogen (secondary N) is 1. The number of likely N-dealkylation sites (N-methyl/N-ethyl adjacent to an activating group) is 1. The largest absolute Gasteiger partial charge is 0.395 e. The fourth-order valence-electron chi connectivity index (χ4n) is 1.72. The van der Waals surface area contributed by atoms with Gasteiger partial charge in [-0.05, 0) is 25.5 Å². The number of benzene rings is 1. The van der Waals surface area contributed by atoms with Crippen LogP contribution in [-0.2, 0) is 4.79 Å². The number of aliphatic hydroxyl groups is 1. The number of rotatable bonds is 5. The van der Waals surface area contributed by atoms with E-state index >= 15 is 0 Å². The molecule has 0 spiro atoms. The molecule has 1 amide bonds. The van der Waals surface area contributed by atoms with Crippen molar-refractivity contribution in [2.45, 2.75) is 13.8 Å². The van der Waals surface area contributed by atoms with Gasteiger partial charge < -0.3 is 15.3 Å². The highest BCUT2D eigenvalue weighted by molar-refractivity contribution is 6.06. The molecule has 0 atom stereocenters. The van der Waals surface area contributed by atoms with Gasteiger partial charge in [0.15, 0.2) is 0 Å². The number of anilines is 1. The fraction of sp³-hybridized carbons (Fsp3) is 0.333. The van der Waals surface area contributed by atoms with Gasteiger partial charge in [0.2, 0.25) is 0 Å². The monoisotopic (exact) mass is 273 g/mol. The van der Waals surface area contributed by atoms with E-state index in [1.165, 1.54) is 6.20 Å². The van der Waals surface area contributed by atoms with Crippen LogP contribution in [0.2, 0.25) is 0 Å². The van der Waals surface area contributed by atoms with Gasteiger partial charge >= 0.3 is 0 Å². The van der Waals surface area contributed by atoms with Gasteiger partial charge in [0, 0.05) is 25.5 Å².